The first-order valence-corrected chi connectivity index (χ1v) is 17.9. The summed E-state index contributed by atoms with van der Waals surface area (Å²) in [6, 6.07) is 0. The number of unbranched alkanes of at least 4 members (excludes halogenated alkanes) is 13. The first-order chi connectivity index (χ1) is 18.9. The monoisotopic (exact) mass is 603 g/mol. The number of nitrogen functional groups attached to an aromatic ring is 1. The van der Waals surface area contributed by atoms with Crippen molar-refractivity contribution in [3.8, 4) is 0 Å². The van der Waals surface area contributed by atoms with Crippen molar-refractivity contribution in [1.82, 2.24) is 25.7 Å². The van der Waals surface area contributed by atoms with Crippen LogP contribution in [-0.4, -0.2) is 55.0 Å². The third-order valence-corrected chi connectivity index (χ3v) is 8.99. The Balaban J connectivity index is 0.00000800. The summed E-state index contributed by atoms with van der Waals surface area (Å²) in [5.74, 6) is 3.00. The molecule has 1 unspecified atom stereocenters. The summed E-state index contributed by atoms with van der Waals surface area (Å²) >= 11 is 2.12. The van der Waals surface area contributed by atoms with Crippen LogP contribution in [0, 0.1) is 0 Å². The van der Waals surface area contributed by atoms with E-state index in [0.717, 1.165) is 19.3 Å². The molecule has 0 bridgehead atoms. The molecule has 0 amide bonds. The topological polar surface area (TPSA) is 162 Å². The van der Waals surface area contributed by atoms with Gasteiger partial charge in [-0.25, -0.2) is 15.0 Å². The standard InChI is InChI=1S/C28H52N5O4PS.H3N/c1-3-4-19-39-20-17-15-13-11-9-7-5-6-8-10-12-14-16-18-37-38(34,35)24-36-25(2)21-33-23-32-26-27(29)30-22-31-28(26)33;/h22-23,25H,3-21,24H2,1-2H3,(H,34,35)(H2,29,30,31);1H3/p+1/t25-;/m1./s1. The van der Waals surface area contributed by atoms with E-state index in [0.29, 0.717) is 23.5 Å². The number of hydrogen-bond donors (Lipinski definition) is 3. The lowest BCUT2D eigenvalue weighted by Crippen LogP contribution is -2.17. The molecule has 7 N–H and O–H groups in total. The molecule has 0 radical (unpaired) electrons. The molecule has 40 heavy (non-hydrogen) atoms. The van der Waals surface area contributed by atoms with Crippen LogP contribution in [0.2, 0.25) is 0 Å². The molecule has 0 saturated carbocycles. The third kappa shape index (κ3) is 16.3. The molecule has 0 aliphatic heterocycles. The van der Waals surface area contributed by atoms with Gasteiger partial charge in [0.25, 0.3) is 0 Å². The molecule has 2 heterocycles. The van der Waals surface area contributed by atoms with E-state index in [9.17, 15) is 9.46 Å². The fourth-order valence-corrected chi connectivity index (χ4v) is 6.46. The summed E-state index contributed by atoms with van der Waals surface area (Å²) in [6.45, 7) is 4.79. The number of ether oxygens (including phenoxy) is 1. The van der Waals surface area contributed by atoms with Crippen LogP contribution in [0.5, 0.6) is 0 Å². The van der Waals surface area contributed by atoms with Gasteiger partial charge in [0.05, 0.1) is 25.6 Å². The second-order valence-corrected chi connectivity index (χ2v) is 13.5. The highest BCUT2D eigenvalue weighted by Gasteiger charge is 2.21. The highest BCUT2D eigenvalue weighted by molar-refractivity contribution is 7.99. The van der Waals surface area contributed by atoms with Crippen molar-refractivity contribution >= 4 is 36.3 Å². The Hall–Kier alpha value is -1.23. The molecule has 10 nitrogen and oxygen atoms in total. The lowest BCUT2D eigenvalue weighted by Gasteiger charge is -2.17. The minimum absolute atomic E-state index is 0. The van der Waals surface area contributed by atoms with E-state index in [-0.39, 0.29) is 25.2 Å². The van der Waals surface area contributed by atoms with Gasteiger partial charge >= 0.3 is 7.60 Å². The number of nitrogens with two attached hydrogens (primary N) is 1. The van der Waals surface area contributed by atoms with Gasteiger partial charge in [0.15, 0.2) is 11.5 Å². The maximum Gasteiger partial charge on any atom is 0.353 e. The number of fused-ring (bicyclic) bond motifs is 1. The van der Waals surface area contributed by atoms with Gasteiger partial charge in [0.2, 0.25) is 0 Å². The quantitative estimate of drug-likeness (QED) is 0.0755. The van der Waals surface area contributed by atoms with Crippen molar-refractivity contribution in [3.63, 3.8) is 0 Å². The van der Waals surface area contributed by atoms with Gasteiger partial charge in [-0.3, -0.25) is 4.57 Å². The van der Waals surface area contributed by atoms with E-state index >= 15 is 0 Å². The fraction of sp³-hybridized carbons (Fsp3) is 0.821. The van der Waals surface area contributed by atoms with Crippen LogP contribution in [-0.2, 0) is 20.4 Å². The number of aromatic nitrogens is 4. The van der Waals surface area contributed by atoms with Crippen LogP contribution in [0.1, 0.15) is 110 Å². The van der Waals surface area contributed by atoms with Crippen molar-refractivity contribution in [2.75, 3.05) is 30.2 Å². The minimum Gasteiger partial charge on any atom is -0.382 e. The van der Waals surface area contributed by atoms with E-state index < -0.39 is 7.60 Å². The van der Waals surface area contributed by atoms with Crippen LogP contribution >= 0.6 is 19.4 Å². The Morgan fingerprint density at radius 1 is 0.925 bits per heavy atom. The van der Waals surface area contributed by atoms with Crippen molar-refractivity contribution in [2.45, 2.75) is 123 Å². The Labute approximate surface area is 246 Å². The fourth-order valence-electron chi connectivity index (χ4n) is 4.43. The second kappa shape index (κ2) is 22.4. The Morgan fingerprint density at radius 3 is 2.12 bits per heavy atom. The molecule has 12 heteroatoms. The zero-order chi connectivity index (χ0) is 28.2. The highest BCUT2D eigenvalue weighted by atomic mass is 32.2. The Morgan fingerprint density at radius 2 is 1.50 bits per heavy atom. The van der Waals surface area contributed by atoms with E-state index in [1.54, 1.807) is 10.9 Å². The second-order valence-electron chi connectivity index (χ2n) is 10.5. The highest BCUT2D eigenvalue weighted by Crippen LogP contribution is 2.42. The predicted octanol–water partition coefficient (Wildman–Crippen LogP) is 7.95. The number of nitrogens with zero attached hydrogens (tertiary/aromatic N) is 4. The lowest BCUT2D eigenvalue weighted by atomic mass is 10.0. The van der Waals surface area contributed by atoms with Crippen LogP contribution in [0.15, 0.2) is 12.7 Å². The lowest BCUT2D eigenvalue weighted by molar-refractivity contribution is 0.0715. The summed E-state index contributed by atoms with van der Waals surface area (Å²) < 4.78 is 24.9. The molecule has 0 aliphatic rings. The number of thioether (sulfide) groups is 1. The zero-order valence-corrected chi connectivity index (χ0v) is 27.0. The summed E-state index contributed by atoms with van der Waals surface area (Å²) in [7, 11) is -3.78. The minimum atomic E-state index is -3.78. The summed E-state index contributed by atoms with van der Waals surface area (Å²) in [6.07, 6.45) is 21.5. The third-order valence-electron chi connectivity index (χ3n) is 6.77. The van der Waals surface area contributed by atoms with Gasteiger partial charge in [0, 0.05) is 0 Å². The Bertz CT molecular complexity index is 951. The van der Waals surface area contributed by atoms with Crippen LogP contribution in [0.3, 0.4) is 0 Å². The summed E-state index contributed by atoms with van der Waals surface area (Å²) in [5, 5.41) is 0. The van der Waals surface area contributed by atoms with Gasteiger partial charge in [-0.15, -0.1) is 0 Å². The van der Waals surface area contributed by atoms with Crippen molar-refractivity contribution in [2.24, 2.45) is 0 Å². The van der Waals surface area contributed by atoms with Gasteiger partial charge in [-0.05, 0) is 37.7 Å². The first kappa shape index (κ1) is 36.8. The van der Waals surface area contributed by atoms with E-state index in [2.05, 4.69) is 33.6 Å². The molecule has 0 aromatic carbocycles. The van der Waals surface area contributed by atoms with Gasteiger partial charge in [0.1, 0.15) is 18.2 Å². The molecular formula is C28H56N6O4PS+. The average molecular weight is 604 g/mol. The first-order valence-electron chi connectivity index (χ1n) is 15.0. The van der Waals surface area contributed by atoms with E-state index in [1.165, 1.54) is 94.9 Å². The molecule has 0 saturated heterocycles. The zero-order valence-electron chi connectivity index (χ0n) is 25.3. The largest absolute Gasteiger partial charge is 0.382 e. The van der Waals surface area contributed by atoms with Crippen molar-refractivity contribution < 1.29 is 18.7 Å². The van der Waals surface area contributed by atoms with Crippen molar-refractivity contribution in [3.05, 3.63) is 12.7 Å². The number of anilines is 1. The van der Waals surface area contributed by atoms with E-state index in [4.69, 9.17) is 15.0 Å². The molecule has 0 spiro atoms. The maximum absolute atomic E-state index is 12.3. The number of quaternary nitrogens is 1. The van der Waals surface area contributed by atoms with Crippen LogP contribution < -0.4 is 11.9 Å². The van der Waals surface area contributed by atoms with Crippen LogP contribution in [0.25, 0.3) is 11.2 Å². The van der Waals surface area contributed by atoms with Gasteiger partial charge < -0.3 is 30.6 Å². The molecule has 0 aliphatic carbocycles. The number of hydrogen-bond acceptors (Lipinski definition) is 8. The summed E-state index contributed by atoms with van der Waals surface area (Å²) in [5.41, 5.74) is 6.95. The normalized spacial score (nSPS) is 13.8. The average Bonchev–Trinajstić information content (AvgIpc) is 3.32. The molecule has 2 aromatic rings. The van der Waals surface area contributed by atoms with Gasteiger partial charge in [-0.2, -0.15) is 11.8 Å². The van der Waals surface area contributed by atoms with Crippen molar-refractivity contribution in [1.29, 1.82) is 0 Å². The SMILES string of the molecule is CCCCSCCCCCCCCCCCCCCCOP(=O)(O)CO[C@H](C)Cn1cnc2c(N)ncnc21.[NH4+]. The predicted molar refractivity (Wildman–Crippen MR) is 169 cm³/mol. The molecule has 0 fully saturated rings. The summed E-state index contributed by atoms with van der Waals surface area (Å²) in [4.78, 5) is 22.4. The molecule has 2 rings (SSSR count). The smallest absolute Gasteiger partial charge is 0.353 e. The molecule has 2 atom stereocenters. The van der Waals surface area contributed by atoms with Crippen LogP contribution in [0.4, 0.5) is 5.82 Å². The number of rotatable bonds is 25. The maximum atomic E-state index is 12.3. The molecular weight excluding hydrogens is 547 g/mol. The number of imidazole rings is 1. The Kier molecular flexibility index (Phi) is 20.6. The van der Waals surface area contributed by atoms with Gasteiger partial charge in [-0.1, -0.05) is 84.0 Å². The molecule has 2 aromatic heterocycles. The van der Waals surface area contributed by atoms with E-state index in [1.807, 2.05) is 6.92 Å². The molecule has 232 valence electrons.